The Morgan fingerprint density at radius 2 is 1.89 bits per heavy atom. The lowest BCUT2D eigenvalue weighted by Crippen LogP contribution is -2.52. The molecule has 1 saturated heterocycles. The normalized spacial score (nSPS) is 18.3. The van der Waals surface area contributed by atoms with Crippen molar-refractivity contribution in [2.75, 3.05) is 53.1 Å². The van der Waals surface area contributed by atoms with E-state index in [4.69, 9.17) is 0 Å². The van der Waals surface area contributed by atoms with Gasteiger partial charge in [-0.25, -0.2) is 8.42 Å². The molecule has 152 valence electrons. The van der Waals surface area contributed by atoms with Crippen molar-refractivity contribution in [3.8, 4) is 0 Å². The van der Waals surface area contributed by atoms with Crippen LogP contribution < -0.4 is 10.6 Å². The fraction of sp³-hybridized carbons (Fsp3) is 0.632. The second-order valence-corrected chi connectivity index (χ2v) is 9.35. The van der Waals surface area contributed by atoms with E-state index in [0.717, 1.165) is 49.8 Å². The van der Waals surface area contributed by atoms with Crippen LogP contribution in [0.15, 0.2) is 28.1 Å². The summed E-state index contributed by atoms with van der Waals surface area (Å²) in [5.41, 5.74) is 1.79. The molecule has 0 bridgehead atoms. The van der Waals surface area contributed by atoms with Crippen LogP contribution in [0.5, 0.6) is 0 Å². The predicted octanol–water partition coefficient (Wildman–Crippen LogP) is 0.699. The molecule has 1 heterocycles. The van der Waals surface area contributed by atoms with Gasteiger partial charge < -0.3 is 15.5 Å². The highest BCUT2D eigenvalue weighted by molar-refractivity contribution is 7.90. The van der Waals surface area contributed by atoms with Crippen LogP contribution in [0.25, 0.3) is 0 Å². The molecule has 1 atom stereocenters. The van der Waals surface area contributed by atoms with Crippen LogP contribution in [-0.4, -0.2) is 83.3 Å². The summed E-state index contributed by atoms with van der Waals surface area (Å²) in [4.78, 5) is 9.52. The van der Waals surface area contributed by atoms with Gasteiger partial charge >= 0.3 is 0 Å². The van der Waals surface area contributed by atoms with Crippen molar-refractivity contribution in [2.24, 2.45) is 4.99 Å². The van der Waals surface area contributed by atoms with Gasteiger partial charge in [-0.15, -0.1) is 0 Å². The Balaban J connectivity index is 1.84. The molecular weight excluding hydrogens is 362 g/mol. The number of hydrogen-bond acceptors (Lipinski definition) is 5. The maximum Gasteiger partial charge on any atom is 0.191 e. The number of benzene rings is 1. The number of hydrogen-bond donors (Lipinski definition) is 2. The van der Waals surface area contributed by atoms with Gasteiger partial charge in [0.1, 0.15) is 0 Å². The van der Waals surface area contributed by atoms with Crippen LogP contribution in [0.3, 0.4) is 0 Å². The van der Waals surface area contributed by atoms with E-state index in [2.05, 4.69) is 39.4 Å². The van der Waals surface area contributed by atoms with Gasteiger partial charge in [-0.3, -0.25) is 9.89 Å². The number of aryl methyl sites for hydroxylation is 1. The molecule has 2 rings (SSSR count). The standard InChI is InChI=1S/C19H33N5O2S/c1-15-12-17(6-7-18(15)27(5,25)26)14-22-19(20-3)21-13-16(2)24-10-8-23(4)9-11-24/h6-7,12,16H,8-11,13-14H2,1-5H3,(H2,20,21,22). The summed E-state index contributed by atoms with van der Waals surface area (Å²) >= 11 is 0. The number of nitrogens with one attached hydrogen (secondary N) is 2. The second-order valence-electron chi connectivity index (χ2n) is 7.37. The van der Waals surface area contributed by atoms with Gasteiger partial charge in [0.15, 0.2) is 15.8 Å². The molecule has 0 aromatic heterocycles. The maximum absolute atomic E-state index is 11.7. The third-order valence-electron chi connectivity index (χ3n) is 5.05. The molecule has 7 nitrogen and oxygen atoms in total. The van der Waals surface area contributed by atoms with E-state index < -0.39 is 9.84 Å². The first-order chi connectivity index (χ1) is 12.7. The van der Waals surface area contributed by atoms with Crippen LogP contribution in [0.2, 0.25) is 0 Å². The third-order valence-corrected chi connectivity index (χ3v) is 6.31. The molecule has 1 fully saturated rings. The fourth-order valence-electron chi connectivity index (χ4n) is 3.28. The Bertz CT molecular complexity index is 755. The van der Waals surface area contributed by atoms with Gasteiger partial charge in [0.05, 0.1) is 4.90 Å². The molecule has 0 saturated carbocycles. The summed E-state index contributed by atoms with van der Waals surface area (Å²) in [7, 11) is 0.738. The summed E-state index contributed by atoms with van der Waals surface area (Å²) in [5.74, 6) is 0.751. The molecule has 27 heavy (non-hydrogen) atoms. The summed E-state index contributed by atoms with van der Waals surface area (Å²) in [6.07, 6.45) is 1.24. The van der Waals surface area contributed by atoms with Crippen molar-refractivity contribution >= 4 is 15.8 Å². The molecule has 2 N–H and O–H groups in total. The Morgan fingerprint density at radius 1 is 1.22 bits per heavy atom. The van der Waals surface area contributed by atoms with Crippen LogP contribution in [-0.2, 0) is 16.4 Å². The minimum atomic E-state index is -3.18. The third kappa shape index (κ3) is 6.48. The molecule has 0 spiro atoms. The zero-order chi connectivity index (χ0) is 20.0. The molecule has 1 aromatic rings. The van der Waals surface area contributed by atoms with Gasteiger partial charge in [-0.05, 0) is 38.1 Å². The highest BCUT2D eigenvalue weighted by Gasteiger charge is 2.19. The molecular formula is C19H33N5O2S. The SMILES string of the molecule is CN=C(NCc1ccc(S(C)(=O)=O)c(C)c1)NCC(C)N1CCN(C)CC1. The van der Waals surface area contributed by atoms with E-state index in [-0.39, 0.29) is 0 Å². The van der Waals surface area contributed by atoms with E-state index in [1.807, 2.05) is 19.1 Å². The van der Waals surface area contributed by atoms with Crippen molar-refractivity contribution in [3.05, 3.63) is 29.3 Å². The molecule has 1 aliphatic rings. The minimum Gasteiger partial charge on any atom is -0.355 e. The highest BCUT2D eigenvalue weighted by Crippen LogP contribution is 2.16. The molecule has 0 amide bonds. The Morgan fingerprint density at radius 3 is 2.44 bits per heavy atom. The molecule has 0 aliphatic carbocycles. The first kappa shape index (κ1) is 21.7. The fourth-order valence-corrected chi connectivity index (χ4v) is 4.24. The maximum atomic E-state index is 11.7. The number of likely N-dealkylation sites (N-methyl/N-ethyl adjacent to an activating group) is 1. The first-order valence-corrected chi connectivity index (χ1v) is 11.3. The zero-order valence-electron chi connectivity index (χ0n) is 17.1. The van der Waals surface area contributed by atoms with Crippen LogP contribution in [0, 0.1) is 6.92 Å². The second kappa shape index (κ2) is 9.52. The number of nitrogens with zero attached hydrogens (tertiary/aromatic N) is 3. The summed E-state index contributed by atoms with van der Waals surface area (Å²) in [5, 5.41) is 6.69. The lowest BCUT2D eigenvalue weighted by molar-refractivity contribution is 0.120. The Kier molecular flexibility index (Phi) is 7.64. The number of aliphatic imine (C=N–C) groups is 1. The smallest absolute Gasteiger partial charge is 0.191 e. The quantitative estimate of drug-likeness (QED) is 0.545. The van der Waals surface area contributed by atoms with Crippen molar-refractivity contribution < 1.29 is 8.42 Å². The molecule has 1 unspecified atom stereocenters. The van der Waals surface area contributed by atoms with Gasteiger partial charge in [0.2, 0.25) is 0 Å². The molecule has 1 aliphatic heterocycles. The highest BCUT2D eigenvalue weighted by atomic mass is 32.2. The Hall–Kier alpha value is -1.64. The van der Waals surface area contributed by atoms with Crippen LogP contribution >= 0.6 is 0 Å². The monoisotopic (exact) mass is 395 g/mol. The molecule has 1 aromatic carbocycles. The number of sulfone groups is 1. The Labute approximate surface area is 163 Å². The van der Waals surface area contributed by atoms with Crippen molar-refractivity contribution in [1.82, 2.24) is 20.4 Å². The largest absolute Gasteiger partial charge is 0.355 e. The van der Waals surface area contributed by atoms with Crippen molar-refractivity contribution in [1.29, 1.82) is 0 Å². The van der Waals surface area contributed by atoms with Gasteiger partial charge in [-0.1, -0.05) is 12.1 Å². The van der Waals surface area contributed by atoms with E-state index in [0.29, 0.717) is 17.5 Å². The zero-order valence-corrected chi connectivity index (χ0v) is 17.9. The average molecular weight is 396 g/mol. The summed E-state index contributed by atoms with van der Waals surface area (Å²) in [6.45, 7) is 9.89. The lowest BCUT2D eigenvalue weighted by atomic mass is 10.1. The van der Waals surface area contributed by atoms with Crippen molar-refractivity contribution in [2.45, 2.75) is 31.3 Å². The number of piperazine rings is 1. The molecule has 8 heteroatoms. The molecule has 0 radical (unpaired) electrons. The number of guanidine groups is 1. The van der Waals surface area contributed by atoms with E-state index in [1.54, 1.807) is 13.1 Å². The summed E-state index contributed by atoms with van der Waals surface area (Å²) < 4.78 is 23.4. The van der Waals surface area contributed by atoms with E-state index in [1.165, 1.54) is 6.26 Å². The van der Waals surface area contributed by atoms with E-state index in [9.17, 15) is 8.42 Å². The number of rotatable bonds is 6. The van der Waals surface area contributed by atoms with Gasteiger partial charge in [-0.2, -0.15) is 0 Å². The predicted molar refractivity (Wildman–Crippen MR) is 111 cm³/mol. The van der Waals surface area contributed by atoms with Crippen molar-refractivity contribution in [3.63, 3.8) is 0 Å². The van der Waals surface area contributed by atoms with Gasteiger partial charge in [0, 0.05) is 58.6 Å². The topological polar surface area (TPSA) is 77.0 Å². The average Bonchev–Trinajstić information content (AvgIpc) is 2.61. The lowest BCUT2D eigenvalue weighted by Gasteiger charge is -2.36. The van der Waals surface area contributed by atoms with Crippen LogP contribution in [0.1, 0.15) is 18.1 Å². The van der Waals surface area contributed by atoms with E-state index >= 15 is 0 Å². The van der Waals surface area contributed by atoms with Crippen LogP contribution in [0.4, 0.5) is 0 Å². The summed E-state index contributed by atoms with van der Waals surface area (Å²) in [6, 6.07) is 5.86. The minimum absolute atomic E-state index is 0.384. The van der Waals surface area contributed by atoms with Gasteiger partial charge in [0.25, 0.3) is 0 Å². The first-order valence-electron chi connectivity index (χ1n) is 9.37.